The quantitative estimate of drug-likeness (QED) is 0.394. The van der Waals surface area contributed by atoms with Crippen LogP contribution in [0.4, 0.5) is 5.69 Å². The molecule has 8 heteroatoms. The van der Waals surface area contributed by atoms with Crippen LogP contribution in [0.1, 0.15) is 68.9 Å². The van der Waals surface area contributed by atoms with E-state index in [0.717, 1.165) is 61.3 Å². The van der Waals surface area contributed by atoms with Gasteiger partial charge in [-0.25, -0.2) is 0 Å². The summed E-state index contributed by atoms with van der Waals surface area (Å²) in [6.07, 6.45) is 12.4. The van der Waals surface area contributed by atoms with E-state index in [1.807, 2.05) is 55.5 Å². The molecule has 1 amide bonds. The number of anilines is 1. The highest BCUT2D eigenvalue weighted by molar-refractivity contribution is 5.93. The van der Waals surface area contributed by atoms with Crippen LogP contribution in [0.3, 0.4) is 0 Å². The average molecular weight is 527 g/mol. The Morgan fingerprint density at radius 2 is 1.85 bits per heavy atom. The topological polar surface area (TPSA) is 85.4 Å². The monoisotopic (exact) mass is 526 g/mol. The number of carbonyl (C=O) groups excluding carboxylic acids is 2. The molecule has 0 bridgehead atoms. The van der Waals surface area contributed by atoms with Gasteiger partial charge in [0.05, 0.1) is 23.1 Å². The number of nitrogens with zero attached hydrogens (tertiary/aromatic N) is 5. The van der Waals surface area contributed by atoms with Gasteiger partial charge in [0, 0.05) is 56.9 Å². The number of hydrogen-bond donors (Lipinski definition) is 1. The second-order valence-electron chi connectivity index (χ2n) is 10.5. The molecule has 1 aliphatic heterocycles. The van der Waals surface area contributed by atoms with Crippen LogP contribution >= 0.6 is 0 Å². The van der Waals surface area contributed by atoms with Crippen LogP contribution in [0.25, 0.3) is 12.2 Å². The van der Waals surface area contributed by atoms with Crippen LogP contribution in [0.5, 0.6) is 0 Å². The zero-order valence-corrected chi connectivity index (χ0v) is 23.5. The lowest BCUT2D eigenvalue weighted by Gasteiger charge is -2.32. The molecule has 0 radical (unpaired) electrons. The third kappa shape index (κ3) is 6.89. The molecule has 0 saturated carbocycles. The van der Waals surface area contributed by atoms with Gasteiger partial charge in [0.15, 0.2) is 6.29 Å². The third-order valence-electron chi connectivity index (χ3n) is 7.32. The van der Waals surface area contributed by atoms with Gasteiger partial charge in [0.1, 0.15) is 0 Å². The van der Waals surface area contributed by atoms with E-state index in [-0.39, 0.29) is 5.91 Å². The van der Waals surface area contributed by atoms with Gasteiger partial charge < -0.3 is 9.80 Å². The molecule has 1 aliphatic rings. The number of aryl methyl sites for hydroxylation is 1. The van der Waals surface area contributed by atoms with Crippen molar-refractivity contribution in [3.8, 4) is 0 Å². The number of hydrogen-bond acceptors (Lipinski definition) is 6. The normalized spacial score (nSPS) is 15.1. The molecule has 3 heterocycles. The molecule has 4 rings (SSSR count). The number of nitrogens with one attached hydrogen (secondary N) is 1. The highest BCUT2D eigenvalue weighted by Crippen LogP contribution is 2.30. The molecule has 8 nitrogen and oxygen atoms in total. The molecule has 1 saturated heterocycles. The highest BCUT2D eigenvalue weighted by Gasteiger charge is 2.21. The first kappa shape index (κ1) is 28.0. The van der Waals surface area contributed by atoms with Crippen molar-refractivity contribution in [3.63, 3.8) is 0 Å². The van der Waals surface area contributed by atoms with Gasteiger partial charge in [-0.2, -0.15) is 5.10 Å². The maximum Gasteiger partial charge on any atom is 0.253 e. The van der Waals surface area contributed by atoms with Crippen LogP contribution in [0.2, 0.25) is 0 Å². The van der Waals surface area contributed by atoms with E-state index < -0.39 is 0 Å². The fourth-order valence-corrected chi connectivity index (χ4v) is 5.08. The molecule has 1 aromatic carbocycles. The fourth-order valence-electron chi connectivity index (χ4n) is 5.08. The van der Waals surface area contributed by atoms with Crippen molar-refractivity contribution in [1.29, 1.82) is 0 Å². The van der Waals surface area contributed by atoms with E-state index >= 15 is 0 Å². The van der Waals surface area contributed by atoms with Crippen LogP contribution < -0.4 is 4.90 Å². The molecule has 0 unspecified atom stereocenters. The second-order valence-corrected chi connectivity index (χ2v) is 10.5. The van der Waals surface area contributed by atoms with Crippen LogP contribution in [0, 0.1) is 6.92 Å². The van der Waals surface area contributed by atoms with Crippen molar-refractivity contribution >= 4 is 30.0 Å². The van der Waals surface area contributed by atoms with Crippen molar-refractivity contribution < 1.29 is 9.59 Å². The number of benzene rings is 1. The Labute approximate surface area is 231 Å². The second kappa shape index (κ2) is 12.7. The summed E-state index contributed by atoms with van der Waals surface area (Å²) < 4.78 is 0. The van der Waals surface area contributed by atoms with Crippen molar-refractivity contribution in [2.75, 3.05) is 45.7 Å². The molecular weight excluding hydrogens is 488 g/mol. The van der Waals surface area contributed by atoms with Gasteiger partial charge in [-0.3, -0.25) is 24.6 Å². The molecule has 0 atom stereocenters. The zero-order valence-electron chi connectivity index (χ0n) is 23.5. The molecular formula is C31H38N6O2. The Bertz CT molecular complexity index is 1350. The maximum atomic E-state index is 12.2. The minimum atomic E-state index is 0.0395. The van der Waals surface area contributed by atoms with E-state index in [1.54, 1.807) is 19.0 Å². The standard InChI is InChI=1S/C31H38N6O2/c1-22(20-37-16-11-25(12-17-37)24-6-8-26(9-7-24)31(39)35(3)4)18-28-23(2)32-14-10-30(28)36(5)15-13-29-27(21-38)19-33-34-29/h6-10,13-15,18-19,21,25H,11-12,16-17,20H2,1-5H3,(H,33,34)/b15-13-,22-18+. The molecule has 39 heavy (non-hydrogen) atoms. The summed E-state index contributed by atoms with van der Waals surface area (Å²) in [6, 6.07) is 10.1. The number of carbonyl (C=O) groups is 2. The smallest absolute Gasteiger partial charge is 0.253 e. The van der Waals surface area contributed by atoms with E-state index in [1.165, 1.54) is 17.3 Å². The number of pyridine rings is 1. The zero-order chi connectivity index (χ0) is 27.9. The molecule has 1 N–H and O–H groups in total. The number of aromatic amines is 1. The van der Waals surface area contributed by atoms with Gasteiger partial charge in [-0.1, -0.05) is 23.8 Å². The molecule has 3 aromatic rings. The van der Waals surface area contributed by atoms with Crippen molar-refractivity contribution in [1.82, 2.24) is 25.0 Å². The van der Waals surface area contributed by atoms with E-state index in [9.17, 15) is 9.59 Å². The number of rotatable bonds is 9. The van der Waals surface area contributed by atoms with Gasteiger partial charge in [-0.05, 0) is 75.5 Å². The SMILES string of the molecule is C/C(=C\c1c(N(C)/C=C\c2[nH]ncc2C=O)ccnc1C)CN1CCC(c2ccc(C(=O)N(C)C)cc2)CC1. The highest BCUT2D eigenvalue weighted by atomic mass is 16.2. The van der Waals surface area contributed by atoms with E-state index in [4.69, 9.17) is 0 Å². The van der Waals surface area contributed by atoms with Gasteiger partial charge in [0.2, 0.25) is 0 Å². The van der Waals surface area contributed by atoms with Crippen LogP contribution in [-0.2, 0) is 0 Å². The first-order valence-electron chi connectivity index (χ1n) is 13.3. The minimum absolute atomic E-state index is 0.0395. The van der Waals surface area contributed by atoms with Gasteiger partial charge in [-0.15, -0.1) is 0 Å². The predicted molar refractivity (Wildman–Crippen MR) is 157 cm³/mol. The Morgan fingerprint density at radius 3 is 2.51 bits per heavy atom. The summed E-state index contributed by atoms with van der Waals surface area (Å²) >= 11 is 0. The third-order valence-corrected chi connectivity index (χ3v) is 7.32. The summed E-state index contributed by atoms with van der Waals surface area (Å²) in [5.41, 5.74) is 7.65. The number of likely N-dealkylation sites (tertiary alicyclic amines) is 1. The Kier molecular flexibility index (Phi) is 9.09. The lowest BCUT2D eigenvalue weighted by atomic mass is 9.88. The Morgan fingerprint density at radius 1 is 1.13 bits per heavy atom. The molecule has 0 aliphatic carbocycles. The van der Waals surface area contributed by atoms with Crippen LogP contribution in [-0.4, -0.2) is 78.0 Å². The number of amides is 1. The van der Waals surface area contributed by atoms with Gasteiger partial charge >= 0.3 is 0 Å². The average Bonchev–Trinajstić information content (AvgIpc) is 3.40. The fraction of sp³-hybridized carbons (Fsp3) is 0.355. The maximum absolute atomic E-state index is 12.2. The van der Waals surface area contributed by atoms with Crippen molar-refractivity contribution in [2.45, 2.75) is 32.6 Å². The van der Waals surface area contributed by atoms with Crippen molar-refractivity contribution in [3.05, 3.63) is 88.1 Å². The first-order chi connectivity index (χ1) is 18.8. The van der Waals surface area contributed by atoms with E-state index in [0.29, 0.717) is 17.2 Å². The van der Waals surface area contributed by atoms with Crippen molar-refractivity contribution in [2.24, 2.45) is 0 Å². The van der Waals surface area contributed by atoms with E-state index in [2.05, 4.69) is 45.2 Å². The van der Waals surface area contributed by atoms with Gasteiger partial charge in [0.25, 0.3) is 5.91 Å². The summed E-state index contributed by atoms with van der Waals surface area (Å²) in [5.74, 6) is 0.564. The molecule has 1 fully saturated rings. The Hall–Kier alpha value is -4.04. The predicted octanol–water partition coefficient (Wildman–Crippen LogP) is 5.02. The largest absolute Gasteiger partial charge is 0.350 e. The summed E-state index contributed by atoms with van der Waals surface area (Å²) in [7, 11) is 5.55. The number of H-pyrrole nitrogens is 1. The number of aldehydes is 1. The first-order valence-corrected chi connectivity index (χ1v) is 13.3. The minimum Gasteiger partial charge on any atom is -0.350 e. The molecule has 2 aromatic heterocycles. The summed E-state index contributed by atoms with van der Waals surface area (Å²) in [5, 5.41) is 6.80. The molecule has 0 spiro atoms. The number of aromatic nitrogens is 3. The lowest BCUT2D eigenvalue weighted by molar-refractivity contribution is 0.0827. The molecule has 204 valence electrons. The number of piperidine rings is 1. The lowest BCUT2D eigenvalue weighted by Crippen LogP contribution is -2.34. The Balaban J connectivity index is 1.39. The summed E-state index contributed by atoms with van der Waals surface area (Å²) in [4.78, 5) is 34.1. The summed E-state index contributed by atoms with van der Waals surface area (Å²) in [6.45, 7) is 7.20. The van der Waals surface area contributed by atoms with Crippen LogP contribution in [0.15, 0.2) is 54.5 Å².